The highest BCUT2D eigenvalue weighted by molar-refractivity contribution is 7.13. The van der Waals surface area contributed by atoms with Gasteiger partial charge in [-0.3, -0.25) is 4.79 Å². The average molecular weight is 419 g/mol. The van der Waals surface area contributed by atoms with E-state index in [-0.39, 0.29) is 11.6 Å². The quantitative estimate of drug-likeness (QED) is 0.628. The first-order valence-corrected chi connectivity index (χ1v) is 10.4. The fraction of sp³-hybridized carbons (Fsp3) is 0.429. The predicted molar refractivity (Wildman–Crippen MR) is 111 cm³/mol. The lowest BCUT2D eigenvalue weighted by atomic mass is 9.99. The lowest BCUT2D eigenvalue weighted by Crippen LogP contribution is -2.47. The van der Waals surface area contributed by atoms with E-state index in [9.17, 15) is 14.4 Å². The maximum atomic E-state index is 12.2. The lowest BCUT2D eigenvalue weighted by Gasteiger charge is -2.21. The maximum absolute atomic E-state index is 12.2. The summed E-state index contributed by atoms with van der Waals surface area (Å²) < 4.78 is 9.76. The highest BCUT2D eigenvalue weighted by Gasteiger charge is 2.27. The molecule has 0 aliphatic rings. The fourth-order valence-corrected chi connectivity index (χ4v) is 3.39. The molecule has 2 atom stereocenters. The first-order chi connectivity index (χ1) is 13.9. The molecule has 1 amide bonds. The summed E-state index contributed by atoms with van der Waals surface area (Å²) in [5, 5.41) is 4.86. The molecule has 2 rings (SSSR count). The van der Waals surface area contributed by atoms with Crippen LogP contribution in [0.25, 0.3) is 10.6 Å². The number of hydrogen-bond donors (Lipinski definition) is 1. The van der Waals surface area contributed by atoms with Gasteiger partial charge >= 0.3 is 11.9 Å². The van der Waals surface area contributed by atoms with Crippen molar-refractivity contribution in [3.05, 3.63) is 40.9 Å². The second-order valence-electron chi connectivity index (χ2n) is 6.62. The highest BCUT2D eigenvalue weighted by atomic mass is 32.1. The SMILES string of the molecule is CCc1ccc(-c2nc(C(=O)OCC(=O)N[C@H](C(=O)OC)[C@H](C)CC)cs2)cc1. The smallest absolute Gasteiger partial charge is 0.358 e. The third kappa shape index (κ3) is 6.12. The first kappa shape index (κ1) is 22.5. The third-order valence-corrected chi connectivity index (χ3v) is 5.53. The molecule has 0 fully saturated rings. The normalized spacial score (nSPS) is 12.7. The van der Waals surface area contributed by atoms with Crippen molar-refractivity contribution in [1.29, 1.82) is 0 Å². The number of benzene rings is 1. The van der Waals surface area contributed by atoms with Crippen molar-refractivity contribution in [3.8, 4) is 10.6 Å². The molecule has 8 heteroatoms. The Bertz CT molecular complexity index is 847. The highest BCUT2D eigenvalue weighted by Crippen LogP contribution is 2.24. The molecule has 0 unspecified atom stereocenters. The number of aryl methyl sites for hydroxylation is 1. The molecule has 2 aromatic rings. The van der Waals surface area contributed by atoms with Gasteiger partial charge < -0.3 is 14.8 Å². The van der Waals surface area contributed by atoms with Crippen LogP contribution in [-0.2, 0) is 25.5 Å². The molecule has 7 nitrogen and oxygen atoms in total. The number of rotatable bonds is 9. The molecular weight excluding hydrogens is 392 g/mol. The summed E-state index contributed by atoms with van der Waals surface area (Å²) in [5.41, 5.74) is 2.28. The van der Waals surface area contributed by atoms with Gasteiger partial charge in [-0.15, -0.1) is 11.3 Å². The van der Waals surface area contributed by atoms with Crippen molar-refractivity contribution in [1.82, 2.24) is 10.3 Å². The largest absolute Gasteiger partial charge is 0.467 e. The molecule has 0 aliphatic heterocycles. The van der Waals surface area contributed by atoms with Crippen LogP contribution < -0.4 is 5.32 Å². The maximum Gasteiger partial charge on any atom is 0.358 e. The Morgan fingerprint density at radius 2 is 1.86 bits per heavy atom. The van der Waals surface area contributed by atoms with E-state index in [1.807, 2.05) is 38.1 Å². The molecule has 1 N–H and O–H groups in total. The molecule has 0 saturated heterocycles. The van der Waals surface area contributed by atoms with E-state index in [4.69, 9.17) is 9.47 Å². The number of esters is 2. The Hall–Kier alpha value is -2.74. The van der Waals surface area contributed by atoms with Crippen LogP contribution in [0.5, 0.6) is 0 Å². The van der Waals surface area contributed by atoms with Gasteiger partial charge in [0.1, 0.15) is 11.0 Å². The molecule has 1 heterocycles. The van der Waals surface area contributed by atoms with E-state index in [0.29, 0.717) is 11.4 Å². The van der Waals surface area contributed by atoms with Gasteiger partial charge in [-0.1, -0.05) is 51.5 Å². The van der Waals surface area contributed by atoms with Gasteiger partial charge in [0.25, 0.3) is 5.91 Å². The van der Waals surface area contributed by atoms with Crippen molar-refractivity contribution in [3.63, 3.8) is 0 Å². The Labute approximate surface area is 174 Å². The van der Waals surface area contributed by atoms with E-state index in [2.05, 4.69) is 17.2 Å². The van der Waals surface area contributed by atoms with Gasteiger partial charge in [0, 0.05) is 10.9 Å². The zero-order chi connectivity index (χ0) is 21.4. The molecule has 1 aromatic carbocycles. The Balaban J connectivity index is 1.94. The molecule has 156 valence electrons. The van der Waals surface area contributed by atoms with E-state index in [1.165, 1.54) is 24.0 Å². The van der Waals surface area contributed by atoms with Gasteiger partial charge in [0.2, 0.25) is 0 Å². The monoisotopic (exact) mass is 418 g/mol. The number of methoxy groups -OCH3 is 1. The lowest BCUT2D eigenvalue weighted by molar-refractivity contribution is -0.147. The first-order valence-electron chi connectivity index (χ1n) is 9.48. The van der Waals surface area contributed by atoms with Crippen LogP contribution in [0.3, 0.4) is 0 Å². The van der Waals surface area contributed by atoms with Gasteiger partial charge in [-0.25, -0.2) is 14.6 Å². The molecular formula is C21H26N2O5S. The molecule has 0 radical (unpaired) electrons. The van der Waals surface area contributed by atoms with Crippen LogP contribution >= 0.6 is 11.3 Å². The van der Waals surface area contributed by atoms with Crippen molar-refractivity contribution < 1.29 is 23.9 Å². The van der Waals surface area contributed by atoms with Crippen LogP contribution in [0.4, 0.5) is 0 Å². The van der Waals surface area contributed by atoms with E-state index in [1.54, 1.807) is 5.38 Å². The van der Waals surface area contributed by atoms with Crippen LogP contribution in [0.2, 0.25) is 0 Å². The summed E-state index contributed by atoms with van der Waals surface area (Å²) in [6.07, 6.45) is 1.63. The molecule has 0 bridgehead atoms. The molecule has 29 heavy (non-hydrogen) atoms. The zero-order valence-electron chi connectivity index (χ0n) is 17.1. The van der Waals surface area contributed by atoms with Crippen LogP contribution in [0.15, 0.2) is 29.6 Å². The second-order valence-corrected chi connectivity index (χ2v) is 7.48. The number of hydrogen-bond acceptors (Lipinski definition) is 7. The number of carbonyl (C=O) groups excluding carboxylic acids is 3. The number of ether oxygens (including phenoxy) is 2. The molecule has 0 saturated carbocycles. The Morgan fingerprint density at radius 3 is 2.45 bits per heavy atom. The second kappa shape index (κ2) is 10.7. The van der Waals surface area contributed by atoms with Gasteiger partial charge in [0.15, 0.2) is 12.3 Å². The molecule has 0 spiro atoms. The van der Waals surface area contributed by atoms with Gasteiger partial charge in [-0.05, 0) is 17.9 Å². The van der Waals surface area contributed by atoms with Crippen molar-refractivity contribution >= 4 is 29.2 Å². The summed E-state index contributed by atoms with van der Waals surface area (Å²) in [7, 11) is 1.26. The minimum Gasteiger partial charge on any atom is -0.467 e. The summed E-state index contributed by atoms with van der Waals surface area (Å²) in [6, 6.07) is 7.18. The third-order valence-electron chi connectivity index (χ3n) is 4.64. The Kier molecular flexibility index (Phi) is 8.33. The number of nitrogens with one attached hydrogen (secondary N) is 1. The Morgan fingerprint density at radius 1 is 1.17 bits per heavy atom. The van der Waals surface area contributed by atoms with E-state index < -0.39 is 30.5 Å². The summed E-state index contributed by atoms with van der Waals surface area (Å²) >= 11 is 1.33. The summed E-state index contributed by atoms with van der Waals surface area (Å²) in [6.45, 7) is 5.32. The minimum atomic E-state index is -0.784. The number of thiazole rings is 1. The van der Waals surface area contributed by atoms with E-state index >= 15 is 0 Å². The summed E-state index contributed by atoms with van der Waals surface area (Å²) in [5.74, 6) is -1.90. The topological polar surface area (TPSA) is 94.6 Å². The van der Waals surface area contributed by atoms with Crippen molar-refractivity contribution in [2.24, 2.45) is 5.92 Å². The van der Waals surface area contributed by atoms with Crippen LogP contribution in [0, 0.1) is 5.92 Å². The average Bonchev–Trinajstić information content (AvgIpc) is 3.25. The number of carbonyl (C=O) groups is 3. The standard InChI is InChI=1S/C21H26N2O5S/c1-5-13(3)18(21(26)27-4)23-17(24)11-28-20(25)16-12-29-19(22-16)15-9-7-14(6-2)8-10-15/h7-10,12-13,18H,5-6,11H2,1-4H3,(H,23,24)/t13-,18+/m1/s1. The molecule has 1 aromatic heterocycles. The fourth-order valence-electron chi connectivity index (χ4n) is 2.60. The minimum absolute atomic E-state index is 0.109. The van der Waals surface area contributed by atoms with Crippen molar-refractivity contribution in [2.45, 2.75) is 39.7 Å². The predicted octanol–water partition coefficient (Wildman–Crippen LogP) is 3.23. The van der Waals surface area contributed by atoms with E-state index in [0.717, 1.165) is 12.0 Å². The number of amides is 1. The van der Waals surface area contributed by atoms with Gasteiger partial charge in [0.05, 0.1) is 7.11 Å². The van der Waals surface area contributed by atoms with Crippen LogP contribution in [-0.4, -0.2) is 42.6 Å². The van der Waals surface area contributed by atoms with Gasteiger partial charge in [-0.2, -0.15) is 0 Å². The molecule has 0 aliphatic carbocycles. The summed E-state index contributed by atoms with van der Waals surface area (Å²) in [4.78, 5) is 40.4. The zero-order valence-corrected chi connectivity index (χ0v) is 17.9. The van der Waals surface area contributed by atoms with Crippen LogP contribution in [0.1, 0.15) is 43.2 Å². The van der Waals surface area contributed by atoms with Crippen molar-refractivity contribution in [2.75, 3.05) is 13.7 Å². The number of aromatic nitrogens is 1. The number of nitrogens with zero attached hydrogens (tertiary/aromatic N) is 1.